The van der Waals surface area contributed by atoms with Crippen molar-refractivity contribution in [3.05, 3.63) is 15.6 Å². The molecule has 0 saturated heterocycles. The van der Waals surface area contributed by atoms with E-state index in [0.717, 1.165) is 36.5 Å². The van der Waals surface area contributed by atoms with E-state index < -0.39 is 5.97 Å². The first kappa shape index (κ1) is 11.5. The van der Waals surface area contributed by atoms with E-state index in [4.69, 9.17) is 5.11 Å². The molecule has 1 aliphatic rings. The van der Waals surface area contributed by atoms with Gasteiger partial charge >= 0.3 is 5.97 Å². The summed E-state index contributed by atoms with van der Waals surface area (Å²) in [6.07, 6.45) is 3.03. The van der Waals surface area contributed by atoms with E-state index >= 15 is 0 Å². The lowest BCUT2D eigenvalue weighted by molar-refractivity contribution is 0.0700. The van der Waals surface area contributed by atoms with Gasteiger partial charge in [-0.3, -0.25) is 0 Å². The maximum atomic E-state index is 11.1. The molecule has 0 amide bonds. The molecule has 88 valence electrons. The molecular formula is C11H16N2O2S. The minimum Gasteiger partial charge on any atom is -0.477 e. The van der Waals surface area contributed by atoms with Gasteiger partial charge in [0.15, 0.2) is 0 Å². The van der Waals surface area contributed by atoms with E-state index in [0.29, 0.717) is 10.8 Å². The number of carboxylic acid groups (broad SMARTS) is 1. The second kappa shape index (κ2) is 4.51. The Balaban J connectivity index is 2.14. The lowest BCUT2D eigenvalue weighted by Gasteiger charge is -2.06. The zero-order chi connectivity index (χ0) is 11.7. The molecule has 1 aromatic rings. The molecule has 5 heteroatoms. The van der Waals surface area contributed by atoms with E-state index in [2.05, 4.69) is 9.88 Å². The number of thiazole rings is 1. The molecule has 0 radical (unpaired) electrons. The molecular weight excluding hydrogens is 224 g/mol. The van der Waals surface area contributed by atoms with E-state index in [1.807, 2.05) is 14.1 Å². The van der Waals surface area contributed by atoms with Crippen LogP contribution in [-0.2, 0) is 6.42 Å². The summed E-state index contributed by atoms with van der Waals surface area (Å²) in [6.45, 7) is 0.913. The lowest BCUT2D eigenvalue weighted by Crippen LogP contribution is -2.14. The average Bonchev–Trinajstić information content (AvgIpc) is 2.95. The van der Waals surface area contributed by atoms with Crippen LogP contribution in [0.5, 0.6) is 0 Å². The Morgan fingerprint density at radius 3 is 2.75 bits per heavy atom. The van der Waals surface area contributed by atoms with Crippen LogP contribution in [-0.4, -0.2) is 41.6 Å². The van der Waals surface area contributed by atoms with Crippen LogP contribution in [0.25, 0.3) is 0 Å². The van der Waals surface area contributed by atoms with Crippen molar-refractivity contribution in [2.24, 2.45) is 0 Å². The van der Waals surface area contributed by atoms with Gasteiger partial charge in [0.1, 0.15) is 4.88 Å². The SMILES string of the molecule is CN(C)CCc1nc(C2CC2)c(C(=O)O)s1. The second-order valence-electron chi connectivity index (χ2n) is 4.45. The molecule has 0 aromatic carbocycles. The fraction of sp³-hybridized carbons (Fsp3) is 0.636. The molecule has 0 aliphatic heterocycles. The van der Waals surface area contributed by atoms with Gasteiger partial charge in [-0.25, -0.2) is 9.78 Å². The summed E-state index contributed by atoms with van der Waals surface area (Å²) in [5.74, 6) is -0.411. The Bertz CT molecular complexity index is 397. The maximum Gasteiger partial charge on any atom is 0.347 e. The second-order valence-corrected chi connectivity index (χ2v) is 5.54. The highest BCUT2D eigenvalue weighted by Crippen LogP contribution is 2.42. The number of hydrogen-bond acceptors (Lipinski definition) is 4. The first-order valence-electron chi connectivity index (χ1n) is 5.45. The number of aromatic carboxylic acids is 1. The summed E-state index contributed by atoms with van der Waals surface area (Å²) < 4.78 is 0. The van der Waals surface area contributed by atoms with E-state index in [-0.39, 0.29) is 0 Å². The first-order chi connectivity index (χ1) is 7.58. The van der Waals surface area contributed by atoms with Crippen molar-refractivity contribution in [2.75, 3.05) is 20.6 Å². The van der Waals surface area contributed by atoms with Crippen LogP contribution in [0.1, 0.15) is 39.1 Å². The van der Waals surface area contributed by atoms with Crippen molar-refractivity contribution in [1.29, 1.82) is 0 Å². The molecule has 4 nitrogen and oxygen atoms in total. The smallest absolute Gasteiger partial charge is 0.347 e. The largest absolute Gasteiger partial charge is 0.477 e. The zero-order valence-corrected chi connectivity index (χ0v) is 10.4. The molecule has 0 unspecified atom stereocenters. The molecule has 1 fully saturated rings. The summed E-state index contributed by atoms with van der Waals surface area (Å²) in [5, 5.41) is 10.0. The van der Waals surface area contributed by atoms with Gasteiger partial charge in [0.2, 0.25) is 0 Å². The van der Waals surface area contributed by atoms with Crippen LogP contribution in [0.2, 0.25) is 0 Å². The summed E-state index contributed by atoms with van der Waals surface area (Å²) in [4.78, 5) is 18.1. The zero-order valence-electron chi connectivity index (χ0n) is 9.56. The maximum absolute atomic E-state index is 11.1. The van der Waals surface area contributed by atoms with Crippen molar-refractivity contribution >= 4 is 17.3 Å². The number of rotatable bonds is 5. The molecule has 1 saturated carbocycles. The predicted octanol–water partition coefficient (Wildman–Crippen LogP) is 1.82. The third-order valence-electron chi connectivity index (χ3n) is 2.63. The standard InChI is InChI=1S/C11H16N2O2S/c1-13(2)6-5-8-12-9(7-3-4-7)10(16-8)11(14)15/h7H,3-6H2,1-2H3,(H,14,15). The summed E-state index contributed by atoms with van der Waals surface area (Å²) >= 11 is 1.34. The van der Waals surface area contributed by atoms with E-state index in [9.17, 15) is 4.79 Å². The van der Waals surface area contributed by atoms with Crippen molar-refractivity contribution < 1.29 is 9.90 Å². The van der Waals surface area contributed by atoms with Crippen molar-refractivity contribution in [3.8, 4) is 0 Å². The first-order valence-corrected chi connectivity index (χ1v) is 6.27. The average molecular weight is 240 g/mol. The Morgan fingerprint density at radius 2 is 2.25 bits per heavy atom. The Kier molecular flexibility index (Phi) is 3.25. The van der Waals surface area contributed by atoms with Crippen LogP contribution < -0.4 is 0 Å². The molecule has 1 aromatic heterocycles. The van der Waals surface area contributed by atoms with Crippen LogP contribution >= 0.6 is 11.3 Å². The molecule has 16 heavy (non-hydrogen) atoms. The number of carboxylic acids is 1. The topological polar surface area (TPSA) is 53.4 Å². The van der Waals surface area contributed by atoms with Crippen molar-refractivity contribution in [2.45, 2.75) is 25.2 Å². The fourth-order valence-electron chi connectivity index (χ4n) is 1.59. The number of hydrogen-bond donors (Lipinski definition) is 1. The molecule has 1 aliphatic carbocycles. The van der Waals surface area contributed by atoms with Gasteiger partial charge in [-0.1, -0.05) is 0 Å². The molecule has 1 heterocycles. The summed E-state index contributed by atoms with van der Waals surface area (Å²) in [7, 11) is 4.01. The van der Waals surface area contributed by atoms with Crippen LogP contribution in [0.3, 0.4) is 0 Å². The summed E-state index contributed by atoms with van der Waals surface area (Å²) in [6, 6.07) is 0. The van der Waals surface area contributed by atoms with Crippen LogP contribution in [0.4, 0.5) is 0 Å². The van der Waals surface area contributed by atoms with Gasteiger partial charge in [0, 0.05) is 18.9 Å². The minimum atomic E-state index is -0.824. The highest BCUT2D eigenvalue weighted by Gasteiger charge is 2.31. The Morgan fingerprint density at radius 1 is 1.56 bits per heavy atom. The fourth-order valence-corrected chi connectivity index (χ4v) is 2.57. The van der Waals surface area contributed by atoms with E-state index in [1.165, 1.54) is 11.3 Å². The van der Waals surface area contributed by atoms with Gasteiger partial charge in [-0.05, 0) is 26.9 Å². The van der Waals surface area contributed by atoms with Gasteiger partial charge in [-0.15, -0.1) is 11.3 Å². The predicted molar refractivity (Wildman–Crippen MR) is 63.3 cm³/mol. The molecule has 0 bridgehead atoms. The van der Waals surface area contributed by atoms with Crippen molar-refractivity contribution in [3.63, 3.8) is 0 Å². The number of aromatic nitrogens is 1. The van der Waals surface area contributed by atoms with Gasteiger partial charge in [-0.2, -0.15) is 0 Å². The molecule has 0 spiro atoms. The monoisotopic (exact) mass is 240 g/mol. The van der Waals surface area contributed by atoms with E-state index in [1.54, 1.807) is 0 Å². The quantitative estimate of drug-likeness (QED) is 0.853. The highest BCUT2D eigenvalue weighted by molar-refractivity contribution is 7.13. The lowest BCUT2D eigenvalue weighted by atomic mass is 10.2. The van der Waals surface area contributed by atoms with Gasteiger partial charge in [0.25, 0.3) is 0 Å². The Hall–Kier alpha value is -0.940. The molecule has 0 atom stereocenters. The van der Waals surface area contributed by atoms with Crippen LogP contribution in [0.15, 0.2) is 0 Å². The molecule has 2 rings (SSSR count). The molecule has 1 N–H and O–H groups in total. The number of likely N-dealkylation sites (N-methyl/N-ethyl adjacent to an activating group) is 1. The van der Waals surface area contributed by atoms with Gasteiger partial charge < -0.3 is 10.0 Å². The third kappa shape index (κ3) is 2.59. The number of carbonyl (C=O) groups is 1. The Labute approximate surface area is 98.9 Å². The number of nitrogens with zero attached hydrogens (tertiary/aromatic N) is 2. The van der Waals surface area contributed by atoms with Crippen molar-refractivity contribution in [1.82, 2.24) is 9.88 Å². The van der Waals surface area contributed by atoms with Gasteiger partial charge in [0.05, 0.1) is 10.7 Å². The minimum absolute atomic E-state index is 0.412. The van der Waals surface area contributed by atoms with Crippen LogP contribution in [0, 0.1) is 0 Å². The third-order valence-corrected chi connectivity index (χ3v) is 3.75. The highest BCUT2D eigenvalue weighted by atomic mass is 32.1. The normalized spacial score (nSPS) is 15.7. The summed E-state index contributed by atoms with van der Waals surface area (Å²) in [5.41, 5.74) is 0.825.